The van der Waals surface area contributed by atoms with E-state index in [0.717, 1.165) is 5.56 Å². The highest BCUT2D eigenvalue weighted by Gasteiger charge is 2.31. The number of para-hydroxylation sites is 2. The van der Waals surface area contributed by atoms with E-state index in [1.165, 1.54) is 0 Å². The quantitative estimate of drug-likeness (QED) is 0.848. The zero-order chi connectivity index (χ0) is 16.9. The van der Waals surface area contributed by atoms with Crippen molar-refractivity contribution in [2.24, 2.45) is 5.92 Å². The molecule has 0 spiro atoms. The lowest BCUT2D eigenvalue weighted by atomic mass is 10.1. The maximum absolute atomic E-state index is 12.9. The molecule has 1 aromatic heterocycles. The van der Waals surface area contributed by atoms with Crippen LogP contribution in [0.25, 0.3) is 0 Å². The van der Waals surface area contributed by atoms with Gasteiger partial charge < -0.3 is 14.4 Å². The zero-order valence-corrected chi connectivity index (χ0v) is 14.0. The zero-order valence-electron chi connectivity index (χ0n) is 14.0. The van der Waals surface area contributed by atoms with E-state index in [-0.39, 0.29) is 12.5 Å². The van der Waals surface area contributed by atoms with Gasteiger partial charge in [-0.1, -0.05) is 32.0 Å². The van der Waals surface area contributed by atoms with Crippen LogP contribution in [0.5, 0.6) is 11.5 Å². The lowest BCUT2D eigenvalue weighted by Crippen LogP contribution is -2.47. The van der Waals surface area contributed by atoms with Gasteiger partial charge in [0.25, 0.3) is 5.91 Å². The maximum atomic E-state index is 12.9. The standard InChI is InChI=1S/C19H22N2O3/c1-14(2)11-21(12-15-6-5-9-20-10-15)19(22)18-13-23-16-7-3-4-8-17(16)24-18/h3-10,14,18H,11-13H2,1-2H3/t18-/m0/s1. The normalized spacial score (nSPS) is 16.0. The second kappa shape index (κ2) is 7.34. The van der Waals surface area contributed by atoms with Gasteiger partial charge in [-0.3, -0.25) is 9.78 Å². The van der Waals surface area contributed by atoms with Gasteiger partial charge in [0.2, 0.25) is 6.10 Å². The predicted molar refractivity (Wildman–Crippen MR) is 90.8 cm³/mol. The van der Waals surface area contributed by atoms with E-state index in [1.807, 2.05) is 41.3 Å². The highest BCUT2D eigenvalue weighted by molar-refractivity contribution is 5.82. The molecule has 0 saturated heterocycles. The average molecular weight is 326 g/mol. The van der Waals surface area contributed by atoms with Crippen molar-refractivity contribution in [3.63, 3.8) is 0 Å². The molecule has 24 heavy (non-hydrogen) atoms. The first-order valence-corrected chi connectivity index (χ1v) is 8.19. The summed E-state index contributed by atoms with van der Waals surface area (Å²) in [5, 5.41) is 0. The third-order valence-corrected chi connectivity index (χ3v) is 3.78. The monoisotopic (exact) mass is 326 g/mol. The van der Waals surface area contributed by atoms with E-state index < -0.39 is 6.10 Å². The van der Waals surface area contributed by atoms with E-state index in [0.29, 0.717) is 30.5 Å². The second-order valence-electron chi connectivity index (χ2n) is 6.34. The third kappa shape index (κ3) is 3.85. The molecule has 5 nitrogen and oxygen atoms in total. The Morgan fingerprint density at radius 2 is 2.04 bits per heavy atom. The molecule has 1 aliphatic rings. The Labute approximate surface area is 142 Å². The molecule has 0 bridgehead atoms. The summed E-state index contributed by atoms with van der Waals surface area (Å²) in [6.07, 6.45) is 2.90. The predicted octanol–water partition coefficient (Wildman–Crippen LogP) is 2.91. The first-order chi connectivity index (χ1) is 11.6. The number of nitrogens with zero attached hydrogens (tertiary/aromatic N) is 2. The van der Waals surface area contributed by atoms with E-state index in [2.05, 4.69) is 18.8 Å². The smallest absolute Gasteiger partial charge is 0.267 e. The summed E-state index contributed by atoms with van der Waals surface area (Å²) in [6.45, 7) is 5.60. The van der Waals surface area contributed by atoms with E-state index in [1.54, 1.807) is 12.4 Å². The second-order valence-corrected chi connectivity index (χ2v) is 6.34. The van der Waals surface area contributed by atoms with Crippen molar-refractivity contribution < 1.29 is 14.3 Å². The maximum Gasteiger partial charge on any atom is 0.267 e. The lowest BCUT2D eigenvalue weighted by Gasteiger charge is -2.31. The summed E-state index contributed by atoms with van der Waals surface area (Å²) in [5.74, 6) is 1.61. The third-order valence-electron chi connectivity index (χ3n) is 3.78. The number of aromatic nitrogens is 1. The minimum Gasteiger partial charge on any atom is -0.485 e. The van der Waals surface area contributed by atoms with Crippen molar-refractivity contribution in [3.05, 3.63) is 54.4 Å². The number of amides is 1. The lowest BCUT2D eigenvalue weighted by molar-refractivity contribution is -0.142. The van der Waals surface area contributed by atoms with E-state index in [9.17, 15) is 4.79 Å². The molecule has 0 fully saturated rings. The fourth-order valence-corrected chi connectivity index (χ4v) is 2.73. The van der Waals surface area contributed by atoms with Crippen molar-refractivity contribution in [2.45, 2.75) is 26.5 Å². The van der Waals surface area contributed by atoms with Gasteiger partial charge in [0.05, 0.1) is 0 Å². The van der Waals surface area contributed by atoms with Crippen molar-refractivity contribution in [3.8, 4) is 11.5 Å². The Balaban J connectivity index is 1.74. The topological polar surface area (TPSA) is 51.7 Å². The molecular formula is C19H22N2O3. The van der Waals surface area contributed by atoms with Crippen molar-refractivity contribution in [2.75, 3.05) is 13.2 Å². The summed E-state index contributed by atoms with van der Waals surface area (Å²) < 4.78 is 11.5. The van der Waals surface area contributed by atoms with Gasteiger partial charge in [-0.25, -0.2) is 0 Å². The fraction of sp³-hybridized carbons (Fsp3) is 0.368. The van der Waals surface area contributed by atoms with Crippen LogP contribution in [0, 0.1) is 5.92 Å². The molecule has 3 rings (SSSR count). The van der Waals surface area contributed by atoms with E-state index >= 15 is 0 Å². The number of hydrogen-bond donors (Lipinski definition) is 0. The van der Waals surface area contributed by atoms with Gasteiger partial charge in [-0.05, 0) is 29.7 Å². The van der Waals surface area contributed by atoms with Gasteiger partial charge >= 0.3 is 0 Å². The largest absolute Gasteiger partial charge is 0.485 e. The number of ether oxygens (including phenoxy) is 2. The number of carbonyl (C=O) groups excluding carboxylic acids is 1. The van der Waals surface area contributed by atoms with Crippen LogP contribution in [0.2, 0.25) is 0 Å². The van der Waals surface area contributed by atoms with Crippen molar-refractivity contribution in [1.29, 1.82) is 0 Å². The molecule has 2 aromatic rings. The number of pyridine rings is 1. The highest BCUT2D eigenvalue weighted by Crippen LogP contribution is 2.31. The summed E-state index contributed by atoms with van der Waals surface area (Å²) >= 11 is 0. The first-order valence-electron chi connectivity index (χ1n) is 8.19. The minimum atomic E-state index is -0.615. The van der Waals surface area contributed by atoms with Gasteiger partial charge in [-0.2, -0.15) is 0 Å². The molecule has 1 atom stereocenters. The number of benzene rings is 1. The molecule has 5 heteroatoms. The summed E-state index contributed by atoms with van der Waals surface area (Å²) in [5.41, 5.74) is 1.00. The molecule has 1 amide bonds. The first kappa shape index (κ1) is 16.3. The molecule has 0 radical (unpaired) electrons. The fourth-order valence-electron chi connectivity index (χ4n) is 2.73. The van der Waals surface area contributed by atoms with Crippen LogP contribution in [-0.4, -0.2) is 35.0 Å². The van der Waals surface area contributed by atoms with Crippen LogP contribution < -0.4 is 9.47 Å². The minimum absolute atomic E-state index is 0.0537. The van der Waals surface area contributed by atoms with Gasteiger partial charge in [0.1, 0.15) is 6.61 Å². The number of hydrogen-bond acceptors (Lipinski definition) is 4. The molecule has 0 N–H and O–H groups in total. The van der Waals surface area contributed by atoms with Crippen LogP contribution in [0.15, 0.2) is 48.8 Å². The van der Waals surface area contributed by atoms with Crippen molar-refractivity contribution in [1.82, 2.24) is 9.88 Å². The number of fused-ring (bicyclic) bond motifs is 1. The molecule has 0 saturated carbocycles. The highest BCUT2D eigenvalue weighted by atomic mass is 16.6. The summed E-state index contributed by atoms with van der Waals surface area (Å²) in [4.78, 5) is 18.9. The van der Waals surface area contributed by atoms with Crippen molar-refractivity contribution >= 4 is 5.91 Å². The Bertz CT molecular complexity index is 688. The van der Waals surface area contributed by atoms with Gasteiger partial charge in [-0.15, -0.1) is 0 Å². The van der Waals surface area contributed by atoms with Crippen LogP contribution >= 0.6 is 0 Å². The molecule has 1 aromatic carbocycles. The Morgan fingerprint density at radius 3 is 2.75 bits per heavy atom. The molecule has 0 unspecified atom stereocenters. The average Bonchev–Trinajstić information content (AvgIpc) is 2.60. The van der Waals surface area contributed by atoms with Crippen LogP contribution in [0.1, 0.15) is 19.4 Å². The van der Waals surface area contributed by atoms with Crippen LogP contribution in [0.4, 0.5) is 0 Å². The molecule has 2 heterocycles. The summed E-state index contributed by atoms with van der Waals surface area (Å²) in [6, 6.07) is 11.3. The molecular weight excluding hydrogens is 304 g/mol. The molecule has 0 aliphatic carbocycles. The molecule has 126 valence electrons. The van der Waals surface area contributed by atoms with Gasteiger partial charge in [0.15, 0.2) is 11.5 Å². The van der Waals surface area contributed by atoms with Crippen LogP contribution in [0.3, 0.4) is 0 Å². The van der Waals surface area contributed by atoms with Gasteiger partial charge in [0, 0.05) is 25.5 Å². The van der Waals surface area contributed by atoms with E-state index in [4.69, 9.17) is 9.47 Å². The molecule has 1 aliphatic heterocycles. The van der Waals surface area contributed by atoms with Crippen LogP contribution in [-0.2, 0) is 11.3 Å². The Hall–Kier alpha value is -2.56. The number of carbonyl (C=O) groups is 1. The Kier molecular flexibility index (Phi) is 4.99. The summed E-state index contributed by atoms with van der Waals surface area (Å²) in [7, 11) is 0. The SMILES string of the molecule is CC(C)CN(Cc1cccnc1)C(=O)[C@@H]1COc2ccccc2O1. The number of rotatable bonds is 5. The Morgan fingerprint density at radius 1 is 1.25 bits per heavy atom.